The minimum absolute atomic E-state index is 0.193. The molecule has 1 saturated heterocycles. The first kappa shape index (κ1) is 21.1. The number of imide groups is 1. The molecule has 0 radical (unpaired) electrons. The number of benzene rings is 1. The zero-order chi connectivity index (χ0) is 19.7. The number of hydrogen-bond acceptors (Lipinski definition) is 6. The number of carbonyl (C=O) groups excluding carboxylic acids is 2. The molecule has 2 N–H and O–H groups in total. The summed E-state index contributed by atoms with van der Waals surface area (Å²) in [7, 11) is -2.00. The van der Waals surface area contributed by atoms with Crippen LogP contribution in [0.5, 0.6) is 5.75 Å². The maximum Gasteiger partial charge on any atom is 0.321 e. The van der Waals surface area contributed by atoms with Crippen LogP contribution >= 0.6 is 0 Å². The van der Waals surface area contributed by atoms with Gasteiger partial charge in [0, 0.05) is 26.7 Å². The number of urea groups is 1. The molecule has 3 amide bonds. The molecule has 9 nitrogen and oxygen atoms in total. The van der Waals surface area contributed by atoms with Crippen LogP contribution in [0.3, 0.4) is 0 Å². The summed E-state index contributed by atoms with van der Waals surface area (Å²) < 4.78 is 36.7. The second-order valence-corrected chi connectivity index (χ2v) is 7.96. The summed E-state index contributed by atoms with van der Waals surface area (Å²) in [5.41, 5.74) is 0. The van der Waals surface area contributed by atoms with Crippen LogP contribution in [-0.2, 0) is 19.6 Å². The van der Waals surface area contributed by atoms with Gasteiger partial charge in [-0.3, -0.25) is 10.1 Å². The van der Waals surface area contributed by atoms with Crippen molar-refractivity contribution in [3.05, 3.63) is 24.3 Å². The molecule has 0 unspecified atom stereocenters. The minimum Gasteiger partial charge on any atom is -0.484 e. The van der Waals surface area contributed by atoms with Gasteiger partial charge in [0.2, 0.25) is 10.0 Å². The van der Waals surface area contributed by atoms with Crippen molar-refractivity contribution in [2.24, 2.45) is 0 Å². The third kappa shape index (κ3) is 6.49. The van der Waals surface area contributed by atoms with Crippen LogP contribution < -0.4 is 15.4 Å². The van der Waals surface area contributed by atoms with Gasteiger partial charge in [0.05, 0.1) is 11.5 Å². The zero-order valence-electron chi connectivity index (χ0n) is 15.3. The Morgan fingerprint density at radius 1 is 1.11 bits per heavy atom. The van der Waals surface area contributed by atoms with E-state index in [1.165, 1.54) is 35.7 Å². The number of amides is 3. The molecule has 1 aromatic rings. The van der Waals surface area contributed by atoms with Crippen LogP contribution in [-0.4, -0.2) is 64.6 Å². The molecule has 2 rings (SSSR count). The third-order valence-electron chi connectivity index (χ3n) is 3.99. The Labute approximate surface area is 159 Å². The molecule has 1 fully saturated rings. The first-order chi connectivity index (χ1) is 12.9. The van der Waals surface area contributed by atoms with Crippen molar-refractivity contribution in [3.63, 3.8) is 0 Å². The molecule has 1 aromatic carbocycles. The highest BCUT2D eigenvalue weighted by Gasteiger charge is 2.25. The lowest BCUT2D eigenvalue weighted by molar-refractivity contribution is -0.122. The molecule has 0 atom stereocenters. The van der Waals surface area contributed by atoms with Gasteiger partial charge in [-0.05, 0) is 37.1 Å². The molecule has 0 saturated carbocycles. The molecule has 0 bridgehead atoms. The van der Waals surface area contributed by atoms with Crippen LogP contribution in [0.4, 0.5) is 4.79 Å². The molecule has 1 aliphatic heterocycles. The average Bonchev–Trinajstić information content (AvgIpc) is 2.67. The van der Waals surface area contributed by atoms with E-state index in [2.05, 4.69) is 10.6 Å². The second kappa shape index (κ2) is 10.2. The van der Waals surface area contributed by atoms with Crippen LogP contribution in [0.2, 0.25) is 0 Å². The standard InChI is InChI=1S/C17H25N3O6S/c1-25-12-9-18-17(22)19-16(21)13-26-14-5-7-15(8-6-14)27(23,24)20-10-3-2-4-11-20/h5-8H,2-4,9-13H2,1H3,(H2,18,19,21,22). The maximum atomic E-state index is 12.6. The SMILES string of the molecule is COCCNC(=O)NC(=O)COc1ccc(S(=O)(=O)N2CCCCC2)cc1. The summed E-state index contributed by atoms with van der Waals surface area (Å²) in [4.78, 5) is 23.3. The Morgan fingerprint density at radius 2 is 1.78 bits per heavy atom. The second-order valence-electron chi connectivity index (χ2n) is 6.02. The number of rotatable bonds is 8. The fourth-order valence-corrected chi connectivity index (χ4v) is 4.10. The molecule has 10 heteroatoms. The topological polar surface area (TPSA) is 114 Å². The predicted octanol–water partition coefficient (Wildman–Crippen LogP) is 0.712. The van der Waals surface area contributed by atoms with E-state index in [1.54, 1.807) is 0 Å². The molecular weight excluding hydrogens is 374 g/mol. The third-order valence-corrected chi connectivity index (χ3v) is 5.90. The molecule has 0 spiro atoms. The van der Waals surface area contributed by atoms with Crippen molar-refractivity contribution >= 4 is 22.0 Å². The van der Waals surface area contributed by atoms with Gasteiger partial charge in [-0.15, -0.1) is 0 Å². The Balaban J connectivity index is 1.83. The highest BCUT2D eigenvalue weighted by molar-refractivity contribution is 7.89. The number of carbonyl (C=O) groups is 2. The highest BCUT2D eigenvalue weighted by atomic mass is 32.2. The van der Waals surface area contributed by atoms with Crippen molar-refractivity contribution in [1.29, 1.82) is 0 Å². The van der Waals surface area contributed by atoms with Crippen LogP contribution in [0.1, 0.15) is 19.3 Å². The first-order valence-corrected chi connectivity index (χ1v) is 10.2. The van der Waals surface area contributed by atoms with Crippen LogP contribution in [0.15, 0.2) is 29.2 Å². The van der Waals surface area contributed by atoms with E-state index in [-0.39, 0.29) is 18.0 Å². The predicted molar refractivity (Wildman–Crippen MR) is 98.0 cm³/mol. The number of nitrogens with zero attached hydrogens (tertiary/aromatic N) is 1. The smallest absolute Gasteiger partial charge is 0.321 e. The van der Waals surface area contributed by atoms with E-state index in [0.717, 1.165) is 19.3 Å². The minimum atomic E-state index is -3.50. The van der Waals surface area contributed by atoms with Crippen LogP contribution in [0, 0.1) is 0 Å². The summed E-state index contributed by atoms with van der Waals surface area (Å²) in [5, 5.41) is 4.56. The molecule has 27 heavy (non-hydrogen) atoms. The van der Waals surface area contributed by atoms with E-state index >= 15 is 0 Å². The number of piperidine rings is 1. The van der Waals surface area contributed by atoms with Gasteiger partial charge in [-0.1, -0.05) is 6.42 Å². The number of methoxy groups -OCH3 is 1. The van der Waals surface area contributed by atoms with Crippen molar-refractivity contribution in [3.8, 4) is 5.75 Å². The normalized spacial score (nSPS) is 15.1. The molecule has 0 aliphatic carbocycles. The highest BCUT2D eigenvalue weighted by Crippen LogP contribution is 2.22. The molecule has 1 aliphatic rings. The number of hydrogen-bond donors (Lipinski definition) is 2. The van der Waals surface area contributed by atoms with Gasteiger partial charge < -0.3 is 14.8 Å². The molecule has 0 aromatic heterocycles. The maximum absolute atomic E-state index is 12.6. The van der Waals surface area contributed by atoms with Crippen LogP contribution in [0.25, 0.3) is 0 Å². The monoisotopic (exact) mass is 399 g/mol. The first-order valence-electron chi connectivity index (χ1n) is 8.73. The summed E-state index contributed by atoms with van der Waals surface area (Å²) in [6.07, 6.45) is 2.79. The number of ether oxygens (including phenoxy) is 2. The lowest BCUT2D eigenvalue weighted by atomic mass is 10.2. The Kier molecular flexibility index (Phi) is 8.01. The quantitative estimate of drug-likeness (QED) is 0.623. The fraction of sp³-hybridized carbons (Fsp3) is 0.529. The van der Waals surface area contributed by atoms with Crippen molar-refractivity contribution in [2.45, 2.75) is 24.2 Å². The van der Waals surface area contributed by atoms with Gasteiger partial charge in [-0.25, -0.2) is 13.2 Å². The van der Waals surface area contributed by atoms with E-state index in [4.69, 9.17) is 9.47 Å². The van der Waals surface area contributed by atoms with Crippen molar-refractivity contribution in [2.75, 3.05) is 40.0 Å². The lowest BCUT2D eigenvalue weighted by Crippen LogP contribution is -2.42. The van der Waals surface area contributed by atoms with E-state index in [9.17, 15) is 18.0 Å². The molecule has 1 heterocycles. The summed E-state index contributed by atoms with van der Waals surface area (Å²) in [5.74, 6) is -0.280. The zero-order valence-corrected chi connectivity index (χ0v) is 16.1. The van der Waals surface area contributed by atoms with Crippen molar-refractivity contribution in [1.82, 2.24) is 14.9 Å². The van der Waals surface area contributed by atoms with Gasteiger partial charge in [0.15, 0.2) is 6.61 Å². The van der Waals surface area contributed by atoms with E-state index in [0.29, 0.717) is 25.4 Å². The lowest BCUT2D eigenvalue weighted by Gasteiger charge is -2.25. The Bertz CT molecular complexity index is 730. The Morgan fingerprint density at radius 3 is 2.41 bits per heavy atom. The van der Waals surface area contributed by atoms with Gasteiger partial charge in [-0.2, -0.15) is 4.31 Å². The van der Waals surface area contributed by atoms with E-state index in [1.807, 2.05) is 0 Å². The fourth-order valence-electron chi connectivity index (χ4n) is 2.58. The summed E-state index contributed by atoms with van der Waals surface area (Å²) in [6, 6.07) is 5.25. The molecular formula is C17H25N3O6S. The van der Waals surface area contributed by atoms with Gasteiger partial charge in [0.1, 0.15) is 5.75 Å². The van der Waals surface area contributed by atoms with Crippen molar-refractivity contribution < 1.29 is 27.5 Å². The van der Waals surface area contributed by atoms with Gasteiger partial charge in [0.25, 0.3) is 5.91 Å². The Hall–Kier alpha value is -2.17. The number of sulfonamides is 1. The van der Waals surface area contributed by atoms with Gasteiger partial charge >= 0.3 is 6.03 Å². The summed E-state index contributed by atoms with van der Waals surface area (Å²) >= 11 is 0. The average molecular weight is 399 g/mol. The van der Waals surface area contributed by atoms with E-state index < -0.39 is 22.0 Å². The summed E-state index contributed by atoms with van der Waals surface area (Å²) in [6.45, 7) is 1.32. The molecule has 150 valence electrons. The largest absolute Gasteiger partial charge is 0.484 e. The number of nitrogens with one attached hydrogen (secondary N) is 2.